The lowest BCUT2D eigenvalue weighted by atomic mass is 10.1. The first-order valence-electron chi connectivity index (χ1n) is 5.56. The summed E-state index contributed by atoms with van der Waals surface area (Å²) in [6, 6.07) is 6.29. The average molecular weight is 251 g/mol. The van der Waals surface area contributed by atoms with Crippen molar-refractivity contribution in [2.75, 3.05) is 6.61 Å². The molecule has 0 saturated carbocycles. The monoisotopic (exact) mass is 251 g/mol. The number of rotatable bonds is 4. The molecule has 0 aliphatic carbocycles. The van der Waals surface area contributed by atoms with Crippen molar-refractivity contribution < 1.29 is 9.50 Å². The van der Waals surface area contributed by atoms with E-state index in [1.165, 1.54) is 12.1 Å². The van der Waals surface area contributed by atoms with Crippen molar-refractivity contribution >= 4 is 11.3 Å². The second kappa shape index (κ2) is 5.38. The molecule has 2 rings (SSSR count). The van der Waals surface area contributed by atoms with E-state index in [0.29, 0.717) is 0 Å². The summed E-state index contributed by atoms with van der Waals surface area (Å²) in [5, 5.41) is 12.1. The van der Waals surface area contributed by atoms with Gasteiger partial charge in [-0.3, -0.25) is 0 Å². The first-order chi connectivity index (χ1) is 8.24. The highest BCUT2D eigenvalue weighted by Gasteiger charge is 2.13. The van der Waals surface area contributed by atoms with Gasteiger partial charge in [0.15, 0.2) is 0 Å². The number of hydrogen-bond donors (Lipinski definition) is 1. The molecule has 0 bridgehead atoms. The molecule has 0 radical (unpaired) electrons. The molecule has 1 unspecified atom stereocenters. The minimum atomic E-state index is -0.244. The molecular formula is C13H14FNOS. The summed E-state index contributed by atoms with van der Waals surface area (Å²) in [5.74, 6) is -0.139. The van der Waals surface area contributed by atoms with E-state index in [1.54, 1.807) is 23.5 Å². The molecule has 1 atom stereocenters. The number of thiazole rings is 1. The maximum Gasteiger partial charge on any atom is 0.123 e. The Morgan fingerprint density at radius 1 is 1.35 bits per heavy atom. The zero-order valence-corrected chi connectivity index (χ0v) is 10.4. The zero-order valence-electron chi connectivity index (χ0n) is 9.56. The molecule has 0 aliphatic heterocycles. The van der Waals surface area contributed by atoms with Crippen LogP contribution in [0.5, 0.6) is 0 Å². The van der Waals surface area contributed by atoms with E-state index < -0.39 is 0 Å². The zero-order chi connectivity index (χ0) is 12.3. The van der Waals surface area contributed by atoms with Gasteiger partial charge in [0.25, 0.3) is 0 Å². The van der Waals surface area contributed by atoms with Crippen molar-refractivity contribution in [1.82, 2.24) is 4.98 Å². The van der Waals surface area contributed by atoms with E-state index in [4.69, 9.17) is 0 Å². The SMILES string of the molecule is CCC(CO)c1nc(-c2ccc(F)cc2)cs1. The van der Waals surface area contributed by atoms with Crippen LogP contribution in [0.1, 0.15) is 24.3 Å². The third kappa shape index (κ3) is 2.70. The Balaban J connectivity index is 2.26. The van der Waals surface area contributed by atoms with Gasteiger partial charge in [0.05, 0.1) is 17.3 Å². The maximum absolute atomic E-state index is 12.8. The molecular weight excluding hydrogens is 237 g/mol. The molecule has 0 fully saturated rings. The van der Waals surface area contributed by atoms with Crippen LogP contribution in [0.4, 0.5) is 4.39 Å². The number of aliphatic hydroxyl groups excluding tert-OH is 1. The Kier molecular flexibility index (Phi) is 3.86. The van der Waals surface area contributed by atoms with Gasteiger partial charge in [-0.25, -0.2) is 9.37 Å². The van der Waals surface area contributed by atoms with Crippen LogP contribution >= 0.6 is 11.3 Å². The smallest absolute Gasteiger partial charge is 0.123 e. The summed E-state index contributed by atoms with van der Waals surface area (Å²) in [6.45, 7) is 2.15. The molecule has 1 aromatic heterocycles. The summed E-state index contributed by atoms with van der Waals surface area (Å²) in [4.78, 5) is 4.49. The van der Waals surface area contributed by atoms with Gasteiger partial charge in [0.1, 0.15) is 5.82 Å². The van der Waals surface area contributed by atoms with Gasteiger partial charge in [-0.15, -0.1) is 11.3 Å². The van der Waals surface area contributed by atoms with Crippen LogP contribution in [0.3, 0.4) is 0 Å². The van der Waals surface area contributed by atoms with Crippen LogP contribution in [-0.2, 0) is 0 Å². The fraction of sp³-hybridized carbons (Fsp3) is 0.308. The van der Waals surface area contributed by atoms with Crippen LogP contribution in [0.2, 0.25) is 0 Å². The first-order valence-corrected chi connectivity index (χ1v) is 6.44. The van der Waals surface area contributed by atoms with E-state index in [9.17, 15) is 9.50 Å². The highest BCUT2D eigenvalue weighted by Crippen LogP contribution is 2.27. The minimum absolute atomic E-state index is 0.106. The van der Waals surface area contributed by atoms with Crippen molar-refractivity contribution in [1.29, 1.82) is 0 Å². The second-order valence-corrected chi connectivity index (χ2v) is 4.76. The van der Waals surface area contributed by atoms with Gasteiger partial charge < -0.3 is 5.11 Å². The lowest BCUT2D eigenvalue weighted by Crippen LogP contribution is -2.01. The fourth-order valence-electron chi connectivity index (χ4n) is 1.61. The lowest BCUT2D eigenvalue weighted by molar-refractivity contribution is 0.262. The van der Waals surface area contributed by atoms with Crippen LogP contribution in [0.25, 0.3) is 11.3 Å². The molecule has 2 nitrogen and oxygen atoms in total. The van der Waals surface area contributed by atoms with E-state index in [0.717, 1.165) is 22.7 Å². The number of hydrogen-bond acceptors (Lipinski definition) is 3. The predicted molar refractivity (Wildman–Crippen MR) is 67.6 cm³/mol. The number of halogens is 1. The van der Waals surface area contributed by atoms with Crippen LogP contribution < -0.4 is 0 Å². The Morgan fingerprint density at radius 3 is 2.65 bits per heavy atom. The van der Waals surface area contributed by atoms with Gasteiger partial charge in [0.2, 0.25) is 0 Å². The molecule has 90 valence electrons. The fourth-order valence-corrected chi connectivity index (χ4v) is 2.62. The number of aromatic nitrogens is 1. The molecule has 2 aromatic rings. The first kappa shape index (κ1) is 12.2. The Bertz CT molecular complexity index is 476. The molecule has 0 aliphatic rings. The average Bonchev–Trinajstić information content (AvgIpc) is 2.81. The van der Waals surface area contributed by atoms with Crippen molar-refractivity contribution in [2.24, 2.45) is 0 Å². The van der Waals surface area contributed by atoms with Crippen molar-refractivity contribution in [3.05, 3.63) is 40.5 Å². The third-order valence-corrected chi connectivity index (χ3v) is 3.73. The summed E-state index contributed by atoms with van der Waals surface area (Å²) in [6.07, 6.45) is 0.868. The maximum atomic E-state index is 12.8. The van der Waals surface area contributed by atoms with Crippen LogP contribution in [0, 0.1) is 5.82 Å². The largest absolute Gasteiger partial charge is 0.396 e. The summed E-state index contributed by atoms with van der Waals surface area (Å²) in [7, 11) is 0. The number of aliphatic hydroxyl groups is 1. The van der Waals surface area contributed by atoms with Gasteiger partial charge in [-0.05, 0) is 30.7 Å². The van der Waals surface area contributed by atoms with Gasteiger partial charge in [0, 0.05) is 16.9 Å². The molecule has 1 heterocycles. The normalized spacial score (nSPS) is 12.6. The topological polar surface area (TPSA) is 33.1 Å². The van der Waals surface area contributed by atoms with E-state index in [-0.39, 0.29) is 18.3 Å². The van der Waals surface area contributed by atoms with Gasteiger partial charge in [-0.1, -0.05) is 6.92 Å². The highest BCUT2D eigenvalue weighted by molar-refractivity contribution is 7.10. The van der Waals surface area contributed by atoms with Crippen LogP contribution in [-0.4, -0.2) is 16.7 Å². The summed E-state index contributed by atoms with van der Waals surface area (Å²) in [5.41, 5.74) is 1.75. The van der Waals surface area contributed by atoms with E-state index in [1.807, 2.05) is 12.3 Å². The molecule has 4 heteroatoms. The minimum Gasteiger partial charge on any atom is -0.396 e. The van der Waals surface area contributed by atoms with Crippen molar-refractivity contribution in [3.8, 4) is 11.3 Å². The lowest BCUT2D eigenvalue weighted by Gasteiger charge is -2.06. The second-order valence-electron chi connectivity index (χ2n) is 3.87. The van der Waals surface area contributed by atoms with Crippen molar-refractivity contribution in [2.45, 2.75) is 19.3 Å². The molecule has 0 saturated heterocycles. The summed E-state index contributed by atoms with van der Waals surface area (Å²) < 4.78 is 12.8. The third-order valence-electron chi connectivity index (χ3n) is 2.72. The van der Waals surface area contributed by atoms with E-state index >= 15 is 0 Å². The molecule has 17 heavy (non-hydrogen) atoms. The highest BCUT2D eigenvalue weighted by atomic mass is 32.1. The Hall–Kier alpha value is -1.26. The molecule has 1 aromatic carbocycles. The number of benzene rings is 1. The number of nitrogens with zero attached hydrogens (tertiary/aromatic N) is 1. The van der Waals surface area contributed by atoms with Crippen LogP contribution in [0.15, 0.2) is 29.6 Å². The standard InChI is InChI=1S/C13H14FNOS/c1-2-9(7-16)13-15-12(8-17-13)10-3-5-11(14)6-4-10/h3-6,8-9,16H,2,7H2,1H3. The summed E-state index contributed by atoms with van der Waals surface area (Å²) >= 11 is 1.54. The predicted octanol–water partition coefficient (Wildman–Crippen LogP) is 3.44. The van der Waals surface area contributed by atoms with Gasteiger partial charge in [-0.2, -0.15) is 0 Å². The van der Waals surface area contributed by atoms with Gasteiger partial charge >= 0.3 is 0 Å². The Labute approximate surface area is 104 Å². The molecule has 1 N–H and O–H groups in total. The molecule has 0 spiro atoms. The quantitative estimate of drug-likeness (QED) is 0.903. The van der Waals surface area contributed by atoms with E-state index in [2.05, 4.69) is 4.98 Å². The molecule has 0 amide bonds. The van der Waals surface area contributed by atoms with Crippen molar-refractivity contribution in [3.63, 3.8) is 0 Å². The Morgan fingerprint density at radius 2 is 2.06 bits per heavy atom.